The van der Waals surface area contributed by atoms with Crippen LogP contribution in [0.1, 0.15) is 30.1 Å². The highest BCUT2D eigenvalue weighted by atomic mass is 35.5. The zero-order valence-corrected chi connectivity index (χ0v) is 17.0. The number of hydrogen-bond acceptors (Lipinski definition) is 5. The lowest BCUT2D eigenvalue weighted by Gasteiger charge is -2.29. The normalized spacial score (nSPS) is 15.6. The monoisotopic (exact) mass is 415 g/mol. The van der Waals surface area contributed by atoms with Crippen LogP contribution in [0, 0.1) is 0 Å². The summed E-state index contributed by atoms with van der Waals surface area (Å²) in [6, 6.07) is 11.7. The number of furan rings is 1. The van der Waals surface area contributed by atoms with Crippen molar-refractivity contribution in [1.82, 2.24) is 15.2 Å². The summed E-state index contributed by atoms with van der Waals surface area (Å²) in [5, 5.41) is 6.52. The predicted molar refractivity (Wildman–Crippen MR) is 112 cm³/mol. The van der Waals surface area contributed by atoms with Crippen molar-refractivity contribution < 1.29 is 9.21 Å². The summed E-state index contributed by atoms with van der Waals surface area (Å²) < 4.78 is 5.36. The maximum Gasteiger partial charge on any atom is 0.226 e. The van der Waals surface area contributed by atoms with E-state index in [0.717, 1.165) is 40.1 Å². The van der Waals surface area contributed by atoms with Crippen LogP contribution in [0.5, 0.6) is 0 Å². The van der Waals surface area contributed by atoms with Crippen LogP contribution in [-0.4, -0.2) is 35.4 Å². The third-order valence-electron chi connectivity index (χ3n) is 4.96. The average Bonchev–Trinajstić information content (AvgIpc) is 3.46. The van der Waals surface area contributed by atoms with E-state index in [0.29, 0.717) is 6.54 Å². The number of halogens is 1. The van der Waals surface area contributed by atoms with E-state index >= 15 is 0 Å². The van der Waals surface area contributed by atoms with Gasteiger partial charge in [-0.25, -0.2) is 4.98 Å². The van der Waals surface area contributed by atoms with Gasteiger partial charge < -0.3 is 9.73 Å². The van der Waals surface area contributed by atoms with E-state index in [1.165, 1.54) is 24.2 Å². The Bertz CT molecular complexity index is 919. The Morgan fingerprint density at radius 1 is 1.25 bits per heavy atom. The lowest BCUT2D eigenvalue weighted by molar-refractivity contribution is -0.120. The van der Waals surface area contributed by atoms with Gasteiger partial charge in [0.1, 0.15) is 0 Å². The SMILES string of the molecule is O=C(Cc1csc(-c2ccco2)n1)NCC(c1ccccc1Cl)N1CCCC1. The van der Waals surface area contributed by atoms with Gasteiger partial charge in [-0.1, -0.05) is 29.8 Å². The average molecular weight is 416 g/mol. The predicted octanol–water partition coefficient (Wildman–Crippen LogP) is 4.55. The lowest BCUT2D eigenvalue weighted by atomic mass is 10.1. The van der Waals surface area contributed by atoms with Gasteiger partial charge in [-0.2, -0.15) is 0 Å². The van der Waals surface area contributed by atoms with Crippen molar-refractivity contribution in [2.24, 2.45) is 0 Å². The lowest BCUT2D eigenvalue weighted by Crippen LogP contribution is -2.37. The molecule has 1 fully saturated rings. The second kappa shape index (κ2) is 8.90. The maximum absolute atomic E-state index is 12.5. The van der Waals surface area contributed by atoms with Gasteiger partial charge in [0.05, 0.1) is 24.4 Å². The molecule has 1 N–H and O–H groups in total. The van der Waals surface area contributed by atoms with Crippen LogP contribution < -0.4 is 5.32 Å². The summed E-state index contributed by atoms with van der Waals surface area (Å²) in [4.78, 5) is 19.4. The molecule has 1 amide bonds. The largest absolute Gasteiger partial charge is 0.462 e. The van der Waals surface area contributed by atoms with Crippen LogP contribution in [0.4, 0.5) is 0 Å². The summed E-state index contributed by atoms with van der Waals surface area (Å²) in [6.45, 7) is 2.60. The van der Waals surface area contributed by atoms with E-state index in [1.54, 1.807) is 6.26 Å². The molecule has 3 aromatic rings. The molecule has 1 atom stereocenters. The summed E-state index contributed by atoms with van der Waals surface area (Å²) in [6.07, 6.45) is 4.25. The fourth-order valence-corrected chi connectivity index (χ4v) is 4.62. The Morgan fingerprint density at radius 3 is 2.82 bits per heavy atom. The highest BCUT2D eigenvalue weighted by molar-refractivity contribution is 7.13. The van der Waals surface area contributed by atoms with E-state index in [1.807, 2.05) is 41.8 Å². The van der Waals surface area contributed by atoms with Gasteiger partial charge in [-0.05, 0) is 49.7 Å². The minimum absolute atomic E-state index is 0.0347. The Balaban J connectivity index is 1.39. The highest BCUT2D eigenvalue weighted by Gasteiger charge is 2.25. The van der Waals surface area contributed by atoms with E-state index in [-0.39, 0.29) is 18.4 Å². The van der Waals surface area contributed by atoms with Crippen LogP contribution in [0.25, 0.3) is 10.8 Å². The minimum atomic E-state index is -0.0347. The van der Waals surface area contributed by atoms with Crippen molar-refractivity contribution in [1.29, 1.82) is 0 Å². The van der Waals surface area contributed by atoms with Crippen LogP contribution in [0.3, 0.4) is 0 Å². The number of carbonyl (C=O) groups is 1. The molecule has 0 spiro atoms. The topological polar surface area (TPSA) is 58.4 Å². The van der Waals surface area contributed by atoms with E-state index in [9.17, 15) is 4.79 Å². The standard InChI is InChI=1S/C21H22ClN3O2S/c22-17-7-2-1-6-16(17)18(25-9-3-4-10-25)13-23-20(26)12-15-14-28-21(24-15)19-8-5-11-27-19/h1-2,5-8,11,14,18H,3-4,9-10,12-13H2,(H,23,26). The van der Waals surface area contributed by atoms with E-state index in [2.05, 4.69) is 15.2 Å². The highest BCUT2D eigenvalue weighted by Crippen LogP contribution is 2.30. The van der Waals surface area contributed by atoms with Crippen molar-refractivity contribution >= 4 is 28.8 Å². The Labute approximate surface area is 173 Å². The van der Waals surface area contributed by atoms with Crippen molar-refractivity contribution in [3.05, 3.63) is 64.3 Å². The number of nitrogens with one attached hydrogen (secondary N) is 1. The second-order valence-corrected chi connectivity index (χ2v) is 8.15. The number of aromatic nitrogens is 1. The summed E-state index contributed by atoms with van der Waals surface area (Å²) in [5.74, 6) is 0.692. The smallest absolute Gasteiger partial charge is 0.226 e. The number of carbonyl (C=O) groups excluding carboxylic acids is 1. The first-order valence-electron chi connectivity index (χ1n) is 9.44. The summed E-state index contributed by atoms with van der Waals surface area (Å²) in [5.41, 5.74) is 1.82. The number of benzene rings is 1. The van der Waals surface area contributed by atoms with E-state index in [4.69, 9.17) is 16.0 Å². The third-order valence-corrected chi connectivity index (χ3v) is 6.21. The molecule has 0 saturated carbocycles. The zero-order chi connectivity index (χ0) is 19.3. The molecule has 1 saturated heterocycles. The van der Waals surface area contributed by atoms with Crippen molar-refractivity contribution in [2.75, 3.05) is 19.6 Å². The molecule has 4 rings (SSSR count). The molecule has 146 valence electrons. The molecule has 1 aliphatic rings. The molecule has 0 bridgehead atoms. The van der Waals surface area contributed by atoms with Crippen LogP contribution in [-0.2, 0) is 11.2 Å². The van der Waals surface area contributed by atoms with Gasteiger partial charge >= 0.3 is 0 Å². The first kappa shape index (κ1) is 19.2. The zero-order valence-electron chi connectivity index (χ0n) is 15.4. The Hall–Kier alpha value is -2.15. The molecule has 28 heavy (non-hydrogen) atoms. The number of likely N-dealkylation sites (tertiary alicyclic amines) is 1. The van der Waals surface area contributed by atoms with Crippen LogP contribution >= 0.6 is 22.9 Å². The molecule has 1 aromatic carbocycles. The second-order valence-electron chi connectivity index (χ2n) is 6.88. The fraction of sp³-hybridized carbons (Fsp3) is 0.333. The number of hydrogen-bond donors (Lipinski definition) is 1. The molecule has 0 aliphatic carbocycles. The third kappa shape index (κ3) is 4.46. The molecule has 2 aromatic heterocycles. The number of amides is 1. The Kier molecular flexibility index (Phi) is 6.10. The Morgan fingerprint density at radius 2 is 2.07 bits per heavy atom. The van der Waals surface area contributed by atoms with Gasteiger partial charge in [0.2, 0.25) is 5.91 Å². The fourth-order valence-electron chi connectivity index (χ4n) is 3.57. The van der Waals surface area contributed by atoms with Crippen molar-refractivity contribution in [2.45, 2.75) is 25.3 Å². The van der Waals surface area contributed by atoms with Crippen molar-refractivity contribution in [3.8, 4) is 10.8 Å². The van der Waals surface area contributed by atoms with Gasteiger partial charge in [-0.3, -0.25) is 9.69 Å². The van der Waals surface area contributed by atoms with Crippen molar-refractivity contribution in [3.63, 3.8) is 0 Å². The molecule has 0 radical (unpaired) electrons. The molecule has 1 aliphatic heterocycles. The van der Waals surface area contributed by atoms with Crippen LogP contribution in [0.2, 0.25) is 5.02 Å². The number of thiazole rings is 1. The molecule has 1 unspecified atom stereocenters. The molecule has 3 heterocycles. The van der Waals surface area contributed by atoms with Gasteiger partial charge in [-0.15, -0.1) is 11.3 Å². The van der Waals surface area contributed by atoms with Crippen LogP contribution in [0.15, 0.2) is 52.5 Å². The molecular weight excluding hydrogens is 394 g/mol. The summed E-state index contributed by atoms with van der Waals surface area (Å²) >= 11 is 7.92. The van der Waals surface area contributed by atoms with Gasteiger partial charge in [0.15, 0.2) is 10.8 Å². The van der Waals surface area contributed by atoms with Gasteiger partial charge in [0.25, 0.3) is 0 Å². The summed E-state index contributed by atoms with van der Waals surface area (Å²) in [7, 11) is 0. The van der Waals surface area contributed by atoms with Gasteiger partial charge in [0, 0.05) is 16.9 Å². The molecular formula is C21H22ClN3O2S. The van der Waals surface area contributed by atoms with E-state index < -0.39 is 0 Å². The number of rotatable bonds is 7. The molecule has 7 heteroatoms. The number of nitrogens with zero attached hydrogens (tertiary/aromatic N) is 2. The first-order chi connectivity index (χ1) is 13.7. The first-order valence-corrected chi connectivity index (χ1v) is 10.7. The molecule has 5 nitrogen and oxygen atoms in total. The minimum Gasteiger partial charge on any atom is -0.462 e. The quantitative estimate of drug-likeness (QED) is 0.614. The maximum atomic E-state index is 12.5.